The molecule has 0 aliphatic carbocycles. The maximum atomic E-state index is 14.9. The molecule has 0 aromatic heterocycles. The molecule has 0 radical (unpaired) electrons. The van der Waals surface area contributed by atoms with Gasteiger partial charge in [0, 0.05) is 0 Å². The average Bonchev–Trinajstić information content (AvgIpc) is 3.06. The minimum absolute atomic E-state index is 0. The van der Waals surface area contributed by atoms with Crippen LogP contribution in [-0.2, 0) is 60.2 Å². The van der Waals surface area contributed by atoms with Crippen molar-refractivity contribution in [3.8, 4) is 0 Å². The van der Waals surface area contributed by atoms with E-state index in [9.17, 15) is 21.8 Å². The summed E-state index contributed by atoms with van der Waals surface area (Å²) in [6.45, 7) is 0.149. The van der Waals surface area contributed by atoms with Gasteiger partial charge in [0.15, 0.2) is 16.4 Å². The number of hydrogen-bond donors (Lipinski definition) is 0. The average molecular weight is 661 g/mol. The topological polar surface area (TPSA) is 103 Å². The van der Waals surface area contributed by atoms with Crippen LogP contribution in [-0.4, -0.2) is 48.9 Å². The van der Waals surface area contributed by atoms with Crippen LogP contribution in [0.3, 0.4) is 0 Å². The summed E-state index contributed by atoms with van der Waals surface area (Å²) < 4.78 is 96.0. The molecule has 0 spiro atoms. The first-order valence-electron chi connectivity index (χ1n) is 14.8. The summed E-state index contributed by atoms with van der Waals surface area (Å²) in [6, 6.07) is 36.7. The van der Waals surface area contributed by atoms with Crippen LogP contribution in [0.2, 0.25) is 0 Å². The monoisotopic (exact) mass is 660 g/mol. The Bertz CT molecular complexity index is 1590. The van der Waals surface area contributed by atoms with Gasteiger partial charge in [0.05, 0.1) is 39.0 Å². The van der Waals surface area contributed by atoms with Crippen LogP contribution in [0.4, 0.5) is 8.78 Å². The fourth-order valence-electron chi connectivity index (χ4n) is 5.13. The molecule has 0 N–H and O–H groups in total. The summed E-state index contributed by atoms with van der Waals surface area (Å²) >= 11 is 0. The van der Waals surface area contributed by atoms with Gasteiger partial charge in [-0.25, -0.2) is 8.42 Å². The third-order valence-electron chi connectivity index (χ3n) is 7.51. The van der Waals surface area contributed by atoms with Crippen molar-refractivity contribution in [2.24, 2.45) is 0 Å². The van der Waals surface area contributed by atoms with Crippen molar-refractivity contribution < 1.29 is 64.3 Å². The van der Waals surface area contributed by atoms with Crippen molar-refractivity contribution in [2.75, 3.05) is 0 Å². The molecule has 1 aliphatic rings. The summed E-state index contributed by atoms with van der Waals surface area (Å²) in [6.07, 6.45) is -7.77. The zero-order chi connectivity index (χ0) is 32.4. The van der Waals surface area contributed by atoms with E-state index in [-0.39, 0.29) is 45.3 Å². The summed E-state index contributed by atoms with van der Waals surface area (Å²) in [5, 5.41) is -4.66. The third kappa shape index (κ3) is 10.5. The molecule has 4 aromatic rings. The molecule has 47 heavy (non-hydrogen) atoms. The maximum Gasteiger partial charge on any atom is 1.00 e. The molecule has 5 rings (SSSR count). The molecular weight excluding hydrogens is 625 g/mol. The SMILES string of the molecule is O=S(=O)([O-])C(F)(F)C[C@H]1O[C@@H](OCc2ccccc2)[C@H](OCc2ccccc2)[C@@H](OCc2ccccc2)[C@@H]1OCc1ccccc1.[Li+]. The van der Waals surface area contributed by atoms with E-state index in [1.807, 2.05) is 97.1 Å². The Balaban J connectivity index is 0.00000500. The van der Waals surface area contributed by atoms with E-state index < -0.39 is 52.5 Å². The van der Waals surface area contributed by atoms with Crippen LogP contribution in [0.15, 0.2) is 121 Å². The first-order chi connectivity index (χ1) is 22.2. The second-order valence-corrected chi connectivity index (χ2v) is 12.4. The van der Waals surface area contributed by atoms with Crippen molar-refractivity contribution in [2.45, 2.75) is 68.8 Å². The number of halogens is 2. The summed E-state index contributed by atoms with van der Waals surface area (Å²) in [5.41, 5.74) is 3.14. The van der Waals surface area contributed by atoms with Crippen LogP contribution < -0.4 is 18.9 Å². The standard InChI is InChI=1S/C35H36F2O8S.Li/c36-35(37,46(38,39)40)21-30-31(41-22-26-13-5-1-6-14-26)32(42-23-27-15-7-2-8-16-27)33(43-24-28-17-9-3-10-18-28)34(45-30)44-25-29-19-11-4-12-20-29;/h1-20,30-34H,21-25H2,(H,38,39,40);/q;+1/p-1/t30-,31-,32+,33-,34-;/m1./s1. The smallest absolute Gasteiger partial charge is 0.743 e. The maximum absolute atomic E-state index is 14.9. The van der Waals surface area contributed by atoms with Crippen LogP contribution in [0.1, 0.15) is 28.7 Å². The third-order valence-corrected chi connectivity index (χ3v) is 8.41. The van der Waals surface area contributed by atoms with E-state index >= 15 is 0 Å². The van der Waals surface area contributed by atoms with Gasteiger partial charge in [0.2, 0.25) is 0 Å². The first kappa shape index (κ1) is 36.9. The van der Waals surface area contributed by atoms with Crippen LogP contribution in [0, 0.1) is 0 Å². The van der Waals surface area contributed by atoms with Gasteiger partial charge in [-0.15, -0.1) is 0 Å². The van der Waals surface area contributed by atoms with Gasteiger partial charge >= 0.3 is 24.1 Å². The predicted molar refractivity (Wildman–Crippen MR) is 164 cm³/mol. The molecule has 12 heteroatoms. The predicted octanol–water partition coefficient (Wildman–Crippen LogP) is 3.22. The number of rotatable bonds is 15. The minimum Gasteiger partial charge on any atom is -0.743 e. The number of hydrogen-bond acceptors (Lipinski definition) is 8. The molecule has 0 amide bonds. The van der Waals surface area contributed by atoms with E-state index in [1.54, 1.807) is 24.3 Å². The van der Waals surface area contributed by atoms with Crippen molar-refractivity contribution >= 4 is 10.1 Å². The van der Waals surface area contributed by atoms with Gasteiger partial charge in [0.1, 0.15) is 18.3 Å². The molecule has 1 fully saturated rings. The minimum atomic E-state index is -6.03. The molecule has 4 aromatic carbocycles. The number of ether oxygens (including phenoxy) is 5. The van der Waals surface area contributed by atoms with Crippen LogP contribution in [0.5, 0.6) is 0 Å². The summed E-state index contributed by atoms with van der Waals surface area (Å²) in [7, 11) is -6.03. The van der Waals surface area contributed by atoms with Gasteiger partial charge in [-0.2, -0.15) is 8.78 Å². The second-order valence-electron chi connectivity index (χ2n) is 10.9. The Hall–Kier alpha value is -2.95. The quantitative estimate of drug-likeness (QED) is 0.142. The fourth-order valence-corrected chi connectivity index (χ4v) is 5.50. The molecule has 1 saturated heterocycles. The summed E-state index contributed by atoms with van der Waals surface area (Å²) in [5.74, 6) is 0. The van der Waals surface area contributed by atoms with Crippen molar-refractivity contribution in [3.05, 3.63) is 144 Å². The number of alkyl halides is 2. The van der Waals surface area contributed by atoms with Gasteiger partial charge in [-0.1, -0.05) is 121 Å². The van der Waals surface area contributed by atoms with Crippen LogP contribution in [0.25, 0.3) is 0 Å². The van der Waals surface area contributed by atoms with Gasteiger partial charge < -0.3 is 28.2 Å². The van der Waals surface area contributed by atoms with E-state index in [1.165, 1.54) is 0 Å². The normalized spacial score (nSPS) is 21.6. The molecule has 5 atom stereocenters. The Morgan fingerprint density at radius 2 is 0.915 bits per heavy atom. The van der Waals surface area contributed by atoms with Gasteiger partial charge in [-0.3, -0.25) is 0 Å². The Kier molecular flexibility index (Phi) is 13.7. The Morgan fingerprint density at radius 1 is 0.574 bits per heavy atom. The Morgan fingerprint density at radius 3 is 1.30 bits per heavy atom. The van der Waals surface area contributed by atoms with E-state index in [2.05, 4.69) is 0 Å². The molecule has 0 bridgehead atoms. The van der Waals surface area contributed by atoms with E-state index in [4.69, 9.17) is 23.7 Å². The van der Waals surface area contributed by atoms with E-state index in [0.717, 1.165) is 22.3 Å². The molecule has 1 heterocycles. The second kappa shape index (κ2) is 17.4. The molecule has 0 saturated carbocycles. The fraction of sp³-hybridized carbons (Fsp3) is 0.314. The molecule has 1 aliphatic heterocycles. The van der Waals surface area contributed by atoms with Crippen LogP contribution >= 0.6 is 0 Å². The van der Waals surface area contributed by atoms with Gasteiger partial charge in [-0.05, 0) is 22.3 Å². The zero-order valence-electron chi connectivity index (χ0n) is 25.9. The van der Waals surface area contributed by atoms with Crippen molar-refractivity contribution in [1.82, 2.24) is 0 Å². The molecular formula is C35H35F2LiO8S. The number of benzene rings is 4. The molecule has 8 nitrogen and oxygen atoms in total. The van der Waals surface area contributed by atoms with Crippen molar-refractivity contribution in [1.29, 1.82) is 0 Å². The van der Waals surface area contributed by atoms with E-state index in [0.29, 0.717) is 0 Å². The van der Waals surface area contributed by atoms with Gasteiger partial charge in [0.25, 0.3) is 0 Å². The molecule has 0 unspecified atom stereocenters. The Labute approximate surface area is 285 Å². The first-order valence-corrected chi connectivity index (χ1v) is 16.2. The van der Waals surface area contributed by atoms with Crippen molar-refractivity contribution in [3.63, 3.8) is 0 Å². The largest absolute Gasteiger partial charge is 1.00 e. The zero-order valence-corrected chi connectivity index (χ0v) is 26.7. The summed E-state index contributed by atoms with van der Waals surface area (Å²) in [4.78, 5) is 0. The molecule has 244 valence electrons.